The molecular formula is C26H29N7S. The number of hydrogen-bond acceptors (Lipinski definition) is 4. The number of fused-ring (bicyclic) bond motifs is 1. The molecule has 2 aromatic heterocycles. The Bertz CT molecular complexity index is 1340. The Hall–Kier alpha value is -3.78. The van der Waals surface area contributed by atoms with Crippen LogP contribution in [0.5, 0.6) is 0 Å². The molecule has 2 heterocycles. The highest BCUT2D eigenvalue weighted by Crippen LogP contribution is 2.18. The highest BCUT2D eigenvalue weighted by atomic mass is 32.1. The Labute approximate surface area is 205 Å². The van der Waals surface area contributed by atoms with Gasteiger partial charge in [0, 0.05) is 40.7 Å². The Kier molecular flexibility index (Phi) is 7.18. The van der Waals surface area contributed by atoms with Crippen LogP contribution in [0.15, 0.2) is 59.7 Å². The van der Waals surface area contributed by atoms with Crippen LogP contribution in [-0.2, 0) is 6.42 Å². The van der Waals surface area contributed by atoms with Crippen LogP contribution in [0.4, 0.5) is 11.6 Å². The van der Waals surface area contributed by atoms with Gasteiger partial charge < -0.3 is 15.6 Å². The van der Waals surface area contributed by atoms with Crippen LogP contribution in [0.3, 0.4) is 0 Å². The molecule has 0 aliphatic heterocycles. The Morgan fingerprint density at radius 1 is 0.971 bits per heavy atom. The number of hydrogen-bond donors (Lipinski definition) is 4. The van der Waals surface area contributed by atoms with Crippen LogP contribution >= 0.6 is 12.2 Å². The standard InChI is InChI=1S/C26H29N7S/c1-16-9-10-22(17(2)13-16)31-26(34)33-24(32-25-29-18(3)14-19(4)30-25)27-12-11-20-15-28-23-8-6-5-7-21(20)23/h5-10,13-15,28H,11-12H2,1-4H3,(H3,27,29,30,31,32,33,34). The van der Waals surface area contributed by atoms with Crippen LogP contribution in [0.25, 0.3) is 10.9 Å². The van der Waals surface area contributed by atoms with Gasteiger partial charge in [-0.05, 0) is 75.7 Å². The zero-order valence-electron chi connectivity index (χ0n) is 19.9. The number of benzene rings is 2. The summed E-state index contributed by atoms with van der Waals surface area (Å²) in [5.41, 5.74) is 7.37. The minimum Gasteiger partial charge on any atom is -0.361 e. The molecule has 0 spiro atoms. The Morgan fingerprint density at radius 3 is 2.50 bits per heavy atom. The van der Waals surface area contributed by atoms with Crippen LogP contribution in [0, 0.1) is 27.7 Å². The lowest BCUT2D eigenvalue weighted by Gasteiger charge is -2.15. The summed E-state index contributed by atoms with van der Waals surface area (Å²) in [6, 6.07) is 16.4. The maximum Gasteiger partial charge on any atom is 0.229 e. The second-order valence-corrected chi connectivity index (χ2v) is 8.74. The Morgan fingerprint density at radius 2 is 1.74 bits per heavy atom. The highest BCUT2D eigenvalue weighted by molar-refractivity contribution is 7.80. The van der Waals surface area contributed by atoms with Crippen molar-refractivity contribution in [3.63, 3.8) is 0 Å². The summed E-state index contributed by atoms with van der Waals surface area (Å²) in [5, 5.41) is 11.3. The van der Waals surface area contributed by atoms with Gasteiger partial charge in [-0.15, -0.1) is 0 Å². The van der Waals surface area contributed by atoms with Gasteiger partial charge in [0.2, 0.25) is 11.9 Å². The first-order valence-electron chi connectivity index (χ1n) is 11.2. The third-order valence-corrected chi connectivity index (χ3v) is 5.60. The van der Waals surface area contributed by atoms with Crippen molar-refractivity contribution in [2.45, 2.75) is 34.1 Å². The van der Waals surface area contributed by atoms with Crippen molar-refractivity contribution in [2.75, 3.05) is 17.2 Å². The lowest BCUT2D eigenvalue weighted by Crippen LogP contribution is -2.39. The number of nitrogens with one attached hydrogen (secondary N) is 4. The first kappa shape index (κ1) is 23.4. The van der Waals surface area contributed by atoms with E-state index in [1.165, 1.54) is 16.5 Å². The van der Waals surface area contributed by atoms with Crippen molar-refractivity contribution in [3.05, 3.63) is 82.8 Å². The molecule has 0 bridgehead atoms. The SMILES string of the molecule is Cc1ccc(NC(=S)NC(=NCCc2c[nH]c3ccccc23)Nc2nc(C)cc(C)n2)c(C)c1. The third-order valence-electron chi connectivity index (χ3n) is 5.40. The van der Waals surface area contributed by atoms with Crippen LogP contribution in [-0.4, -0.2) is 32.6 Å². The second kappa shape index (κ2) is 10.4. The van der Waals surface area contributed by atoms with Gasteiger partial charge in [-0.1, -0.05) is 35.9 Å². The van der Waals surface area contributed by atoms with E-state index < -0.39 is 0 Å². The van der Waals surface area contributed by atoms with Gasteiger partial charge in [0.1, 0.15) is 0 Å². The number of para-hydroxylation sites is 1. The molecule has 0 saturated carbocycles. The zero-order valence-corrected chi connectivity index (χ0v) is 20.7. The molecule has 0 atom stereocenters. The molecule has 34 heavy (non-hydrogen) atoms. The van der Waals surface area contributed by atoms with E-state index in [-0.39, 0.29) is 0 Å². The molecule has 4 rings (SSSR count). The molecule has 174 valence electrons. The molecule has 0 amide bonds. The fourth-order valence-corrected chi connectivity index (χ4v) is 4.05. The number of H-pyrrole nitrogens is 1. The minimum atomic E-state index is 0.440. The van der Waals surface area contributed by atoms with Crippen molar-refractivity contribution in [1.82, 2.24) is 20.3 Å². The van der Waals surface area contributed by atoms with Gasteiger partial charge >= 0.3 is 0 Å². The molecule has 0 unspecified atom stereocenters. The summed E-state index contributed by atoms with van der Waals surface area (Å²) < 4.78 is 0. The fraction of sp³-hybridized carbons (Fsp3) is 0.231. The number of guanidine groups is 1. The molecule has 0 radical (unpaired) electrons. The van der Waals surface area contributed by atoms with Crippen molar-refractivity contribution in [3.8, 4) is 0 Å². The van der Waals surface area contributed by atoms with Gasteiger partial charge in [0.05, 0.1) is 0 Å². The first-order valence-corrected chi connectivity index (χ1v) is 11.6. The number of thiocarbonyl (C=S) groups is 1. The van der Waals surface area contributed by atoms with Crippen molar-refractivity contribution < 1.29 is 0 Å². The molecule has 0 aliphatic carbocycles. The van der Waals surface area contributed by atoms with E-state index in [0.717, 1.165) is 34.6 Å². The molecule has 0 saturated heterocycles. The summed E-state index contributed by atoms with van der Waals surface area (Å²) in [6.45, 7) is 8.56. The molecular weight excluding hydrogens is 442 g/mol. The number of rotatable bonds is 5. The topological polar surface area (TPSA) is 90.0 Å². The minimum absolute atomic E-state index is 0.440. The van der Waals surface area contributed by atoms with Crippen LogP contribution < -0.4 is 16.0 Å². The first-order chi connectivity index (χ1) is 16.4. The van der Waals surface area contributed by atoms with E-state index in [1.54, 1.807) is 0 Å². The lowest BCUT2D eigenvalue weighted by molar-refractivity contribution is 0.963. The number of anilines is 2. The van der Waals surface area contributed by atoms with Crippen LogP contribution in [0.2, 0.25) is 0 Å². The Balaban J connectivity index is 1.51. The highest BCUT2D eigenvalue weighted by Gasteiger charge is 2.09. The maximum absolute atomic E-state index is 5.58. The quantitative estimate of drug-likeness (QED) is 0.182. The molecule has 0 fully saturated rings. The second-order valence-electron chi connectivity index (χ2n) is 8.34. The largest absolute Gasteiger partial charge is 0.361 e. The summed E-state index contributed by atoms with van der Waals surface area (Å²) in [6.07, 6.45) is 2.82. The van der Waals surface area contributed by atoms with E-state index in [4.69, 9.17) is 17.2 Å². The summed E-state index contributed by atoms with van der Waals surface area (Å²) >= 11 is 5.58. The van der Waals surface area contributed by atoms with Crippen LogP contribution in [0.1, 0.15) is 28.1 Å². The number of aryl methyl sites for hydroxylation is 4. The van der Waals surface area contributed by atoms with Gasteiger partial charge in [-0.25, -0.2) is 9.97 Å². The molecule has 4 N–H and O–H groups in total. The lowest BCUT2D eigenvalue weighted by atomic mass is 10.1. The van der Waals surface area contributed by atoms with E-state index in [9.17, 15) is 0 Å². The molecule has 7 nitrogen and oxygen atoms in total. The van der Waals surface area contributed by atoms with Gasteiger partial charge in [0.25, 0.3) is 0 Å². The van der Waals surface area contributed by atoms with E-state index in [2.05, 4.69) is 69.0 Å². The van der Waals surface area contributed by atoms with E-state index >= 15 is 0 Å². The van der Waals surface area contributed by atoms with Gasteiger partial charge in [0.15, 0.2) is 5.11 Å². The summed E-state index contributed by atoms with van der Waals surface area (Å²) in [5.74, 6) is 0.970. The average Bonchev–Trinajstić information content (AvgIpc) is 3.18. The number of aliphatic imine (C=N–C) groups is 1. The average molecular weight is 472 g/mol. The summed E-state index contributed by atoms with van der Waals surface area (Å²) in [7, 11) is 0. The van der Waals surface area contributed by atoms with Crippen molar-refractivity contribution in [1.29, 1.82) is 0 Å². The van der Waals surface area contributed by atoms with Gasteiger partial charge in [-0.3, -0.25) is 10.3 Å². The summed E-state index contributed by atoms with van der Waals surface area (Å²) in [4.78, 5) is 17.0. The number of nitrogens with zero attached hydrogens (tertiary/aromatic N) is 3. The fourth-order valence-electron chi connectivity index (χ4n) is 3.84. The number of aromatic nitrogens is 3. The normalized spacial score (nSPS) is 11.5. The maximum atomic E-state index is 5.58. The molecule has 0 aliphatic rings. The predicted octanol–water partition coefficient (Wildman–Crippen LogP) is 5.19. The molecule has 4 aromatic rings. The zero-order chi connectivity index (χ0) is 24.1. The number of aromatic amines is 1. The van der Waals surface area contributed by atoms with Crippen molar-refractivity contribution >= 4 is 45.8 Å². The third kappa shape index (κ3) is 5.96. The predicted molar refractivity (Wildman–Crippen MR) is 145 cm³/mol. The van der Waals surface area contributed by atoms with E-state index in [0.29, 0.717) is 23.6 Å². The monoisotopic (exact) mass is 471 g/mol. The van der Waals surface area contributed by atoms with Crippen molar-refractivity contribution in [2.24, 2.45) is 4.99 Å². The molecule has 8 heteroatoms. The molecule has 2 aromatic carbocycles. The van der Waals surface area contributed by atoms with E-state index in [1.807, 2.05) is 44.3 Å². The smallest absolute Gasteiger partial charge is 0.229 e. The van der Waals surface area contributed by atoms with Gasteiger partial charge in [-0.2, -0.15) is 0 Å².